The number of ether oxygens (including phenoxy) is 5. The van der Waals surface area contributed by atoms with Crippen molar-refractivity contribution in [1.29, 1.82) is 0 Å². The van der Waals surface area contributed by atoms with E-state index in [9.17, 15) is 15.0 Å². The number of hydrogen-bond donors (Lipinski definition) is 3. The number of nitrogens with one attached hydrogen (secondary N) is 1. The second-order valence-electron chi connectivity index (χ2n) is 21.5. The van der Waals surface area contributed by atoms with Crippen molar-refractivity contribution >= 4 is 28.7 Å². The summed E-state index contributed by atoms with van der Waals surface area (Å²) in [4.78, 5) is 37.2. The topological polar surface area (TPSA) is 158 Å². The van der Waals surface area contributed by atoms with Crippen molar-refractivity contribution in [2.45, 2.75) is 172 Å². The molecule has 13 nitrogen and oxygen atoms in total. The standard InChI is InChI=1S/C64H85N3O10/c1-3-5-6-7-8-9-10-11-12-23-41-73-63(71)67(46-50-31-25-30-48-28-16-17-32-52(48)50)58-44-56(66-77-59-34-20-24-40-72-59)54-42-49(29-18-21-37-68)53(33-19-22-38-69)60-55-43-51(75-62(70)65-45-47-26-14-13-15-27-47)35-36-57(55)76-64(58,61(54)60)74-39-4-2/h4,13-17,25-28,30-32,35-36,42-43,49,53,58-61,68-69H,2-3,5-12,18-24,29,33-34,37-41,44-46H2,1H3,(H,65,70)/t49-,53+,58-,59?,60+,61+,64+/m0/s1. The van der Waals surface area contributed by atoms with Crippen LogP contribution in [0.1, 0.15) is 158 Å². The monoisotopic (exact) mass is 1060 g/mol. The molecule has 7 atom stereocenters. The number of hydrogen-bond acceptors (Lipinski definition) is 11. The molecule has 0 bridgehead atoms. The van der Waals surface area contributed by atoms with E-state index in [1.54, 1.807) is 12.1 Å². The van der Waals surface area contributed by atoms with Crippen LogP contribution in [0.4, 0.5) is 9.59 Å². The molecule has 4 aliphatic rings. The molecule has 1 saturated carbocycles. The summed E-state index contributed by atoms with van der Waals surface area (Å²) in [7, 11) is 0. The van der Waals surface area contributed by atoms with Crippen LogP contribution in [0.5, 0.6) is 11.5 Å². The summed E-state index contributed by atoms with van der Waals surface area (Å²) in [5.74, 6) is -1.57. The Morgan fingerprint density at radius 2 is 1.58 bits per heavy atom. The van der Waals surface area contributed by atoms with E-state index in [1.165, 1.54) is 44.9 Å². The number of allylic oxidation sites excluding steroid dienone is 1. The first-order chi connectivity index (χ1) is 37.9. The lowest BCUT2D eigenvalue weighted by atomic mass is 9.55. The van der Waals surface area contributed by atoms with E-state index in [-0.39, 0.29) is 57.1 Å². The number of unbranched alkanes of at least 4 members (excludes halogenated alkanes) is 11. The van der Waals surface area contributed by atoms with Gasteiger partial charge in [0.2, 0.25) is 12.1 Å². The number of aliphatic hydroxyl groups excluding tert-OH is 2. The lowest BCUT2D eigenvalue weighted by molar-refractivity contribution is -0.256. The van der Waals surface area contributed by atoms with Crippen molar-refractivity contribution < 1.29 is 48.3 Å². The molecule has 2 amide bonds. The molecule has 0 aromatic heterocycles. The molecule has 2 fully saturated rings. The van der Waals surface area contributed by atoms with Gasteiger partial charge < -0.3 is 44.1 Å². The zero-order valence-corrected chi connectivity index (χ0v) is 45.6. The minimum absolute atomic E-state index is 0.00350. The molecule has 4 aromatic rings. The molecule has 77 heavy (non-hydrogen) atoms. The van der Waals surface area contributed by atoms with Gasteiger partial charge in [0.25, 0.3) is 0 Å². The molecule has 0 spiro atoms. The number of benzene rings is 4. The first-order valence-corrected chi connectivity index (χ1v) is 29.1. The van der Waals surface area contributed by atoms with Gasteiger partial charge in [-0.05, 0) is 102 Å². The summed E-state index contributed by atoms with van der Waals surface area (Å²) in [5, 5.41) is 30.3. The van der Waals surface area contributed by atoms with E-state index in [2.05, 4.69) is 49.2 Å². The van der Waals surface area contributed by atoms with Crippen LogP contribution < -0.4 is 14.8 Å². The third kappa shape index (κ3) is 15.1. The zero-order valence-electron chi connectivity index (χ0n) is 45.6. The fraction of sp³-hybridized carbons (Fsp3) is 0.547. The normalized spacial score (nSPS) is 23.0. The first kappa shape index (κ1) is 57.4. The maximum absolute atomic E-state index is 15.4. The number of carbonyl (C=O) groups excluding carboxylic acids is 2. The number of fused-ring (bicyclic) bond motifs is 3. The van der Waals surface area contributed by atoms with E-state index in [0.29, 0.717) is 49.6 Å². The van der Waals surface area contributed by atoms with Gasteiger partial charge in [-0.3, -0.25) is 4.90 Å². The summed E-state index contributed by atoms with van der Waals surface area (Å²) >= 11 is 0. The number of nitrogens with zero attached hydrogens (tertiary/aromatic N) is 2. The third-order valence-electron chi connectivity index (χ3n) is 16.1. The van der Waals surface area contributed by atoms with Gasteiger partial charge in [0.05, 0.1) is 38.0 Å². The van der Waals surface area contributed by atoms with Gasteiger partial charge in [-0.1, -0.05) is 168 Å². The molecule has 4 aromatic carbocycles. The average molecular weight is 1060 g/mol. The molecule has 3 N–H and O–H groups in total. The first-order valence-electron chi connectivity index (χ1n) is 29.1. The zero-order chi connectivity index (χ0) is 53.7. The van der Waals surface area contributed by atoms with E-state index < -0.39 is 36.2 Å². The van der Waals surface area contributed by atoms with Crippen LogP contribution in [0.15, 0.2) is 120 Å². The number of amides is 2. The highest BCUT2D eigenvalue weighted by atomic mass is 16.8. The maximum Gasteiger partial charge on any atom is 0.412 e. The molecule has 2 heterocycles. The average Bonchev–Trinajstić information content (AvgIpc) is 3.58. The second kappa shape index (κ2) is 29.9. The van der Waals surface area contributed by atoms with Crippen LogP contribution >= 0.6 is 0 Å². The molecule has 2 aliphatic heterocycles. The number of aliphatic hydroxyl groups is 2. The predicted molar refractivity (Wildman–Crippen MR) is 302 cm³/mol. The molecule has 2 aliphatic carbocycles. The number of oxime groups is 1. The summed E-state index contributed by atoms with van der Waals surface area (Å²) in [6, 6.07) is 28.8. The van der Waals surface area contributed by atoms with Crippen LogP contribution in [-0.4, -0.2) is 84.2 Å². The third-order valence-corrected chi connectivity index (χ3v) is 16.1. The summed E-state index contributed by atoms with van der Waals surface area (Å²) in [6.45, 7) is 7.95. The van der Waals surface area contributed by atoms with Crippen LogP contribution in [0, 0.1) is 17.8 Å². The lowest BCUT2D eigenvalue weighted by Gasteiger charge is -2.60. The Balaban J connectivity index is 1.23. The van der Waals surface area contributed by atoms with Crippen molar-refractivity contribution in [3.63, 3.8) is 0 Å². The van der Waals surface area contributed by atoms with Crippen molar-refractivity contribution in [2.75, 3.05) is 33.0 Å². The van der Waals surface area contributed by atoms with Gasteiger partial charge in [-0.2, -0.15) is 0 Å². The van der Waals surface area contributed by atoms with E-state index >= 15 is 4.79 Å². The van der Waals surface area contributed by atoms with Crippen molar-refractivity contribution in [1.82, 2.24) is 10.2 Å². The Hall–Kier alpha value is -5.73. The largest absolute Gasteiger partial charge is 0.459 e. The summed E-state index contributed by atoms with van der Waals surface area (Å²) in [5.41, 5.74) is 4.30. The second-order valence-corrected chi connectivity index (χ2v) is 21.5. The quantitative estimate of drug-likeness (QED) is 0.0261. The van der Waals surface area contributed by atoms with E-state index in [0.717, 1.165) is 90.8 Å². The van der Waals surface area contributed by atoms with Crippen LogP contribution in [-0.2, 0) is 32.1 Å². The molecular weight excluding hydrogens is 971 g/mol. The minimum Gasteiger partial charge on any atom is -0.459 e. The predicted octanol–water partition coefficient (Wildman–Crippen LogP) is 13.8. The Morgan fingerprint density at radius 1 is 0.844 bits per heavy atom. The smallest absolute Gasteiger partial charge is 0.412 e. The Bertz CT molecular complexity index is 2540. The molecule has 1 saturated heterocycles. The van der Waals surface area contributed by atoms with E-state index in [1.807, 2.05) is 65.6 Å². The fourth-order valence-corrected chi connectivity index (χ4v) is 12.3. The van der Waals surface area contributed by atoms with Crippen LogP contribution in [0.2, 0.25) is 0 Å². The molecule has 13 heteroatoms. The molecular formula is C64H85N3O10. The van der Waals surface area contributed by atoms with Crippen molar-refractivity contribution in [3.05, 3.63) is 132 Å². The minimum atomic E-state index is -1.53. The molecule has 1 unspecified atom stereocenters. The van der Waals surface area contributed by atoms with Gasteiger partial charge in [-0.25, -0.2) is 9.59 Å². The van der Waals surface area contributed by atoms with E-state index in [4.69, 9.17) is 33.7 Å². The van der Waals surface area contributed by atoms with Crippen molar-refractivity contribution in [3.8, 4) is 11.5 Å². The highest BCUT2D eigenvalue weighted by molar-refractivity contribution is 6.03. The Morgan fingerprint density at radius 3 is 2.34 bits per heavy atom. The number of rotatable bonds is 30. The highest BCUT2D eigenvalue weighted by Gasteiger charge is 2.66. The van der Waals surface area contributed by atoms with Gasteiger partial charge in [0, 0.05) is 44.1 Å². The Labute approximate surface area is 457 Å². The van der Waals surface area contributed by atoms with Gasteiger partial charge in [0.15, 0.2) is 0 Å². The maximum atomic E-state index is 15.4. The molecule has 8 rings (SSSR count). The SMILES string of the molecule is C=CCO[C@@]12Oc3ccc(OC(=O)NCc4ccccc4)cc3[C@H]3[C@H](CCCCO)[C@@H](CCCCO)C=C(C(=NOC4CCCCO4)C[C@@H]1N(Cc1cccc4ccccc14)C(=O)OCCCCCCCCCCCC)[C@H]32. The van der Waals surface area contributed by atoms with Gasteiger partial charge in [-0.15, -0.1) is 6.58 Å². The van der Waals surface area contributed by atoms with Crippen LogP contribution in [0.25, 0.3) is 10.8 Å². The van der Waals surface area contributed by atoms with Gasteiger partial charge >= 0.3 is 12.2 Å². The summed E-state index contributed by atoms with van der Waals surface area (Å²) < 4.78 is 33.4. The molecule has 416 valence electrons. The lowest BCUT2D eigenvalue weighted by Crippen LogP contribution is -2.70. The fourth-order valence-electron chi connectivity index (χ4n) is 12.3. The molecule has 0 radical (unpaired) electrons. The number of carbonyl (C=O) groups is 2. The van der Waals surface area contributed by atoms with Gasteiger partial charge in [0.1, 0.15) is 17.5 Å². The Kier molecular flexibility index (Phi) is 22.3. The highest BCUT2D eigenvalue weighted by Crippen LogP contribution is 2.62. The van der Waals surface area contributed by atoms with Crippen LogP contribution in [0.3, 0.4) is 0 Å². The van der Waals surface area contributed by atoms with Crippen molar-refractivity contribution in [2.24, 2.45) is 22.9 Å². The summed E-state index contributed by atoms with van der Waals surface area (Å²) in [6.07, 6.45) is 21.2.